The molecule has 1 heterocycles. The summed E-state index contributed by atoms with van der Waals surface area (Å²) in [6.07, 6.45) is 1.76. The predicted molar refractivity (Wildman–Crippen MR) is 115 cm³/mol. The van der Waals surface area contributed by atoms with Crippen molar-refractivity contribution in [2.45, 2.75) is 34.6 Å². The topological polar surface area (TPSA) is 54.0 Å². The first-order chi connectivity index (χ1) is 12.7. The van der Waals surface area contributed by atoms with Crippen LogP contribution in [0, 0.1) is 12.3 Å². The number of hydrogen-bond donors (Lipinski definition) is 2. The van der Waals surface area contributed by atoms with Crippen LogP contribution in [0.3, 0.4) is 0 Å². The Bertz CT molecular complexity index is 995. The van der Waals surface area contributed by atoms with Crippen molar-refractivity contribution < 1.29 is 4.79 Å². The lowest BCUT2D eigenvalue weighted by Crippen LogP contribution is -2.25. The average molecular weight is 380 g/mol. The Labute approximate surface area is 164 Å². The van der Waals surface area contributed by atoms with Gasteiger partial charge >= 0.3 is 6.03 Å². The second-order valence-corrected chi connectivity index (χ2v) is 8.77. The zero-order valence-electron chi connectivity index (χ0n) is 16.4. The first-order valence-electron chi connectivity index (χ1n) is 8.95. The summed E-state index contributed by atoms with van der Waals surface area (Å²) in [4.78, 5) is 16.8. The fraction of sp³-hybridized carbons (Fsp3) is 0.273. The number of nitrogens with one attached hydrogen (secondary N) is 2. The highest BCUT2D eigenvalue weighted by Gasteiger charge is 2.12. The zero-order valence-corrected chi connectivity index (χ0v) is 17.2. The second kappa shape index (κ2) is 7.53. The van der Waals surface area contributed by atoms with Crippen LogP contribution in [0.15, 0.2) is 54.2 Å². The van der Waals surface area contributed by atoms with Crippen LogP contribution in [0.5, 0.6) is 0 Å². The van der Waals surface area contributed by atoms with Gasteiger partial charge in [0.05, 0.1) is 10.2 Å². The molecule has 27 heavy (non-hydrogen) atoms. The molecule has 140 valence electrons. The number of aryl methyl sites for hydroxylation is 1. The number of nitrogens with zero attached hydrogens (tertiary/aromatic N) is 1. The predicted octanol–water partition coefficient (Wildman–Crippen LogP) is 6.34. The molecule has 0 bridgehead atoms. The minimum absolute atomic E-state index is 0.0325. The van der Waals surface area contributed by atoms with E-state index in [4.69, 9.17) is 4.98 Å². The van der Waals surface area contributed by atoms with Crippen molar-refractivity contribution in [1.29, 1.82) is 0 Å². The van der Waals surface area contributed by atoms with Gasteiger partial charge in [-0.25, -0.2) is 9.78 Å². The molecule has 1 aromatic heterocycles. The number of fused-ring (bicyclic) bond motifs is 1. The third-order valence-corrected chi connectivity index (χ3v) is 5.60. The minimum atomic E-state index is -0.248. The van der Waals surface area contributed by atoms with Crippen molar-refractivity contribution in [3.05, 3.63) is 59.8 Å². The van der Waals surface area contributed by atoms with Gasteiger partial charge in [-0.2, -0.15) is 0 Å². The van der Waals surface area contributed by atoms with Crippen LogP contribution in [0.1, 0.15) is 33.3 Å². The lowest BCUT2D eigenvalue weighted by Gasteiger charge is -2.19. The number of carbonyl (C=O) groups excluding carboxylic acids is 1. The molecule has 2 N–H and O–H groups in total. The molecule has 5 heteroatoms. The quantitative estimate of drug-likeness (QED) is 0.557. The number of hydrogen-bond acceptors (Lipinski definition) is 3. The summed E-state index contributed by atoms with van der Waals surface area (Å²) >= 11 is 1.68. The number of anilines is 1. The monoisotopic (exact) mass is 379 g/mol. The highest BCUT2D eigenvalue weighted by atomic mass is 32.1. The maximum absolute atomic E-state index is 12.1. The standard InChI is InChI=1S/C22H25N3OS/c1-14-6-11-18-19(12-14)27-20(25-18)16-7-9-17(10-8-16)24-21(26)23-13-15(2)22(3,4)5/h6-13H,1-5H3,(H2,23,24,26)/b15-13+. The van der Waals surface area contributed by atoms with Crippen LogP contribution in [0.25, 0.3) is 20.8 Å². The SMILES string of the molecule is C/C(=C\NC(=O)Nc1ccc(-c2nc3ccc(C)cc3s2)cc1)C(C)(C)C. The second-order valence-electron chi connectivity index (χ2n) is 7.74. The molecule has 0 aliphatic heterocycles. The summed E-state index contributed by atoms with van der Waals surface area (Å²) in [5.74, 6) is 0. The van der Waals surface area contributed by atoms with Gasteiger partial charge in [-0.05, 0) is 61.2 Å². The van der Waals surface area contributed by atoms with Gasteiger partial charge in [0.15, 0.2) is 0 Å². The van der Waals surface area contributed by atoms with Crippen molar-refractivity contribution in [3.8, 4) is 10.6 Å². The number of carbonyl (C=O) groups is 1. The number of amides is 2. The van der Waals surface area contributed by atoms with E-state index >= 15 is 0 Å². The molecule has 2 aromatic carbocycles. The van der Waals surface area contributed by atoms with Crippen molar-refractivity contribution >= 4 is 33.3 Å². The van der Waals surface area contributed by atoms with Crippen LogP contribution in [0.2, 0.25) is 0 Å². The molecule has 2 amide bonds. The van der Waals surface area contributed by atoms with Gasteiger partial charge in [0, 0.05) is 17.5 Å². The summed E-state index contributed by atoms with van der Waals surface area (Å²) < 4.78 is 1.19. The van der Waals surface area contributed by atoms with Crippen LogP contribution in [0.4, 0.5) is 10.5 Å². The molecule has 0 aliphatic carbocycles. The normalized spacial score (nSPS) is 12.3. The van der Waals surface area contributed by atoms with Crippen molar-refractivity contribution in [2.24, 2.45) is 5.41 Å². The fourth-order valence-electron chi connectivity index (χ4n) is 2.41. The third kappa shape index (κ3) is 4.74. The Morgan fingerprint density at radius 2 is 1.81 bits per heavy atom. The van der Waals surface area contributed by atoms with Gasteiger partial charge in [0.25, 0.3) is 0 Å². The maximum Gasteiger partial charge on any atom is 0.323 e. The van der Waals surface area contributed by atoms with Gasteiger partial charge < -0.3 is 10.6 Å². The molecule has 0 fully saturated rings. The largest absolute Gasteiger partial charge is 0.323 e. The molecule has 3 aromatic rings. The number of rotatable bonds is 3. The Morgan fingerprint density at radius 3 is 2.48 bits per heavy atom. The number of benzene rings is 2. The number of allylic oxidation sites excluding steroid dienone is 1. The Kier molecular flexibility index (Phi) is 5.33. The minimum Gasteiger partial charge on any atom is -0.314 e. The highest BCUT2D eigenvalue weighted by Crippen LogP contribution is 2.31. The Hall–Kier alpha value is -2.66. The lowest BCUT2D eigenvalue weighted by atomic mass is 9.88. The van der Waals surface area contributed by atoms with E-state index in [1.807, 2.05) is 31.2 Å². The van der Waals surface area contributed by atoms with E-state index in [9.17, 15) is 4.79 Å². The molecule has 0 saturated carbocycles. The molecule has 0 aliphatic rings. The number of thiazole rings is 1. The van der Waals surface area contributed by atoms with Crippen LogP contribution < -0.4 is 10.6 Å². The molecule has 0 radical (unpaired) electrons. The molecule has 4 nitrogen and oxygen atoms in total. The first kappa shape index (κ1) is 19.1. The van der Waals surface area contributed by atoms with Crippen molar-refractivity contribution in [2.75, 3.05) is 5.32 Å². The number of aromatic nitrogens is 1. The van der Waals surface area contributed by atoms with E-state index in [1.165, 1.54) is 10.3 Å². The molecule has 0 saturated heterocycles. The molecule has 0 spiro atoms. The first-order valence-corrected chi connectivity index (χ1v) is 9.76. The molecule has 0 unspecified atom stereocenters. The fourth-order valence-corrected chi connectivity index (χ4v) is 3.48. The van der Waals surface area contributed by atoms with E-state index in [-0.39, 0.29) is 11.4 Å². The Morgan fingerprint density at radius 1 is 1.11 bits per heavy atom. The van der Waals surface area contributed by atoms with Gasteiger partial charge in [-0.15, -0.1) is 11.3 Å². The van der Waals surface area contributed by atoms with E-state index in [0.717, 1.165) is 27.3 Å². The zero-order chi connectivity index (χ0) is 19.6. The molecular formula is C22H25N3OS. The molecule has 0 atom stereocenters. The van der Waals surface area contributed by atoms with Crippen LogP contribution >= 0.6 is 11.3 Å². The van der Waals surface area contributed by atoms with Gasteiger partial charge in [-0.3, -0.25) is 0 Å². The van der Waals surface area contributed by atoms with E-state index < -0.39 is 0 Å². The summed E-state index contributed by atoms with van der Waals surface area (Å²) in [7, 11) is 0. The highest BCUT2D eigenvalue weighted by molar-refractivity contribution is 7.21. The number of urea groups is 1. The average Bonchev–Trinajstić information content (AvgIpc) is 3.02. The van der Waals surface area contributed by atoms with Gasteiger partial charge in [-0.1, -0.05) is 32.4 Å². The third-order valence-electron chi connectivity index (χ3n) is 4.54. The van der Waals surface area contributed by atoms with E-state index in [1.54, 1.807) is 17.5 Å². The summed E-state index contributed by atoms with van der Waals surface area (Å²) in [6, 6.07) is 13.8. The summed E-state index contributed by atoms with van der Waals surface area (Å²) in [6.45, 7) is 10.4. The van der Waals surface area contributed by atoms with Crippen molar-refractivity contribution in [3.63, 3.8) is 0 Å². The maximum atomic E-state index is 12.1. The smallest absolute Gasteiger partial charge is 0.314 e. The summed E-state index contributed by atoms with van der Waals surface area (Å²) in [5.41, 5.74) is 5.18. The Balaban J connectivity index is 1.68. The van der Waals surface area contributed by atoms with Crippen LogP contribution in [-0.2, 0) is 0 Å². The van der Waals surface area contributed by atoms with Gasteiger partial charge in [0.2, 0.25) is 0 Å². The van der Waals surface area contributed by atoms with Crippen molar-refractivity contribution in [1.82, 2.24) is 10.3 Å². The van der Waals surface area contributed by atoms with Gasteiger partial charge in [0.1, 0.15) is 5.01 Å². The summed E-state index contributed by atoms with van der Waals surface area (Å²) in [5, 5.41) is 6.62. The lowest BCUT2D eigenvalue weighted by molar-refractivity contribution is 0.255. The molecular weight excluding hydrogens is 354 g/mol. The molecule has 3 rings (SSSR count). The van der Waals surface area contributed by atoms with Crippen LogP contribution in [-0.4, -0.2) is 11.0 Å². The van der Waals surface area contributed by atoms with E-state index in [0.29, 0.717) is 0 Å². The van der Waals surface area contributed by atoms with E-state index in [2.05, 4.69) is 56.5 Å².